The summed E-state index contributed by atoms with van der Waals surface area (Å²) in [6, 6.07) is 14.3. The van der Waals surface area contributed by atoms with Crippen molar-refractivity contribution in [1.82, 2.24) is 3.97 Å². The van der Waals surface area contributed by atoms with Gasteiger partial charge in [-0.15, -0.1) is 0 Å². The summed E-state index contributed by atoms with van der Waals surface area (Å²) < 4.78 is 26.6. The van der Waals surface area contributed by atoms with Crippen molar-refractivity contribution < 1.29 is 18.3 Å². The quantitative estimate of drug-likeness (QED) is 0.806. The summed E-state index contributed by atoms with van der Waals surface area (Å²) >= 11 is 0. The molecule has 0 aliphatic rings. The van der Waals surface area contributed by atoms with E-state index in [-0.39, 0.29) is 16.2 Å². The van der Waals surface area contributed by atoms with Crippen molar-refractivity contribution >= 4 is 26.9 Å². The number of benzene rings is 2. The van der Waals surface area contributed by atoms with Gasteiger partial charge in [0.1, 0.15) is 5.69 Å². The lowest BCUT2D eigenvalue weighted by atomic mass is 10.1. The lowest BCUT2D eigenvalue weighted by Crippen LogP contribution is -2.18. The van der Waals surface area contributed by atoms with Crippen LogP contribution in [0.3, 0.4) is 0 Å². The number of nitrogens with zero attached hydrogens (tertiary/aromatic N) is 1. The number of fused-ring (bicyclic) bond motifs is 1. The van der Waals surface area contributed by atoms with Gasteiger partial charge in [-0.3, -0.25) is 0 Å². The zero-order valence-electron chi connectivity index (χ0n) is 11.4. The Hall–Kier alpha value is -2.60. The number of para-hydroxylation sites is 1. The molecule has 111 valence electrons. The van der Waals surface area contributed by atoms with Crippen LogP contribution in [-0.2, 0) is 10.0 Å². The summed E-state index contributed by atoms with van der Waals surface area (Å²) in [6.07, 6.45) is 0. The van der Waals surface area contributed by atoms with E-state index in [4.69, 9.17) is 0 Å². The molecule has 22 heavy (non-hydrogen) atoms. The van der Waals surface area contributed by atoms with Crippen LogP contribution in [0.4, 0.5) is 0 Å². The van der Waals surface area contributed by atoms with Crippen LogP contribution in [0.1, 0.15) is 16.1 Å². The molecule has 0 aliphatic heterocycles. The molecule has 0 spiro atoms. The highest BCUT2D eigenvalue weighted by atomic mass is 32.2. The van der Waals surface area contributed by atoms with E-state index in [0.717, 1.165) is 3.97 Å². The van der Waals surface area contributed by atoms with Gasteiger partial charge in [0.25, 0.3) is 10.0 Å². The molecular formula is C16H12NO4S. The molecule has 5 nitrogen and oxygen atoms in total. The van der Waals surface area contributed by atoms with Gasteiger partial charge in [-0.1, -0.05) is 36.4 Å². The zero-order valence-corrected chi connectivity index (χ0v) is 12.2. The molecular weight excluding hydrogens is 302 g/mol. The van der Waals surface area contributed by atoms with E-state index in [1.54, 1.807) is 42.5 Å². The van der Waals surface area contributed by atoms with Crippen LogP contribution in [0.5, 0.6) is 0 Å². The minimum absolute atomic E-state index is 0.0262. The lowest BCUT2D eigenvalue weighted by molar-refractivity contribution is 0.0689. The minimum atomic E-state index is -4.02. The summed E-state index contributed by atoms with van der Waals surface area (Å²) in [7, 11) is -4.02. The lowest BCUT2D eigenvalue weighted by Gasteiger charge is -2.10. The average molecular weight is 314 g/mol. The first-order valence-corrected chi connectivity index (χ1v) is 7.88. The summed E-state index contributed by atoms with van der Waals surface area (Å²) in [5.74, 6) is -1.33. The van der Waals surface area contributed by atoms with E-state index in [0.29, 0.717) is 10.9 Å². The molecule has 0 aliphatic carbocycles. The number of aromatic carboxylic acids is 1. The molecule has 0 atom stereocenters. The maximum Gasteiger partial charge on any atom is 0.353 e. The van der Waals surface area contributed by atoms with Crippen LogP contribution in [0.25, 0.3) is 10.9 Å². The maximum atomic E-state index is 12.9. The van der Waals surface area contributed by atoms with E-state index in [9.17, 15) is 18.3 Å². The number of carboxylic acid groups (broad SMARTS) is 1. The topological polar surface area (TPSA) is 76.4 Å². The Balaban J connectivity index is 2.45. The highest BCUT2D eigenvalue weighted by Crippen LogP contribution is 2.29. The Labute approximate surface area is 127 Å². The van der Waals surface area contributed by atoms with E-state index in [1.165, 1.54) is 12.1 Å². The first-order chi connectivity index (χ1) is 10.4. The SMILES string of the molecule is [CH2]c1c(C(=O)O)n(S(=O)(=O)c2ccccc2)c2ccccc12. The molecule has 0 saturated heterocycles. The molecule has 0 amide bonds. The fourth-order valence-electron chi connectivity index (χ4n) is 2.44. The number of carbonyl (C=O) groups is 1. The first-order valence-electron chi connectivity index (χ1n) is 6.44. The van der Waals surface area contributed by atoms with Crippen LogP contribution >= 0.6 is 0 Å². The van der Waals surface area contributed by atoms with E-state index < -0.39 is 16.0 Å². The predicted molar refractivity (Wildman–Crippen MR) is 82.4 cm³/mol. The van der Waals surface area contributed by atoms with E-state index in [2.05, 4.69) is 6.92 Å². The average Bonchev–Trinajstić information content (AvgIpc) is 2.82. The summed E-state index contributed by atoms with van der Waals surface area (Å²) in [5, 5.41) is 9.93. The van der Waals surface area contributed by atoms with Gasteiger partial charge < -0.3 is 5.11 Å². The van der Waals surface area contributed by atoms with Crippen LogP contribution in [0.2, 0.25) is 0 Å². The smallest absolute Gasteiger partial charge is 0.353 e. The Bertz CT molecular complexity index is 972. The van der Waals surface area contributed by atoms with Gasteiger partial charge >= 0.3 is 5.97 Å². The van der Waals surface area contributed by atoms with Crippen molar-refractivity contribution in [1.29, 1.82) is 0 Å². The second kappa shape index (κ2) is 4.99. The molecule has 0 unspecified atom stereocenters. The van der Waals surface area contributed by atoms with Crippen molar-refractivity contribution in [2.45, 2.75) is 4.90 Å². The molecule has 6 heteroatoms. The van der Waals surface area contributed by atoms with Gasteiger partial charge in [0.15, 0.2) is 0 Å². The van der Waals surface area contributed by atoms with Crippen LogP contribution in [0, 0.1) is 6.92 Å². The Kier molecular flexibility index (Phi) is 3.26. The van der Waals surface area contributed by atoms with Gasteiger partial charge in [0.05, 0.1) is 10.4 Å². The highest BCUT2D eigenvalue weighted by Gasteiger charge is 2.28. The van der Waals surface area contributed by atoms with E-state index in [1.807, 2.05) is 0 Å². The normalized spacial score (nSPS) is 11.7. The largest absolute Gasteiger partial charge is 0.477 e. The van der Waals surface area contributed by atoms with Crippen molar-refractivity contribution in [2.75, 3.05) is 0 Å². The highest BCUT2D eigenvalue weighted by molar-refractivity contribution is 7.90. The van der Waals surface area contributed by atoms with Crippen molar-refractivity contribution in [3.63, 3.8) is 0 Å². The molecule has 0 bridgehead atoms. The number of rotatable bonds is 3. The Morgan fingerprint density at radius 2 is 1.59 bits per heavy atom. The number of hydrogen-bond donors (Lipinski definition) is 1. The number of aromatic nitrogens is 1. The third kappa shape index (κ3) is 2.00. The summed E-state index contributed by atoms with van der Waals surface area (Å²) in [5.41, 5.74) is 0.140. The van der Waals surface area contributed by atoms with Gasteiger partial charge in [-0.05, 0) is 30.7 Å². The molecule has 2 aromatic carbocycles. The fraction of sp³-hybridized carbons (Fsp3) is 0. The van der Waals surface area contributed by atoms with Gasteiger partial charge in [0.2, 0.25) is 0 Å². The molecule has 1 heterocycles. The molecule has 0 fully saturated rings. The van der Waals surface area contributed by atoms with Gasteiger partial charge in [-0.25, -0.2) is 17.2 Å². The van der Waals surface area contributed by atoms with Crippen LogP contribution in [-0.4, -0.2) is 23.5 Å². The molecule has 0 saturated carbocycles. The predicted octanol–water partition coefficient (Wildman–Crippen LogP) is 2.76. The van der Waals surface area contributed by atoms with Gasteiger partial charge in [-0.2, -0.15) is 0 Å². The Morgan fingerprint density at radius 1 is 1.00 bits per heavy atom. The molecule has 1 radical (unpaired) electrons. The Morgan fingerprint density at radius 3 is 2.23 bits per heavy atom. The maximum absolute atomic E-state index is 12.9. The standard InChI is InChI=1S/C16H12NO4S/c1-11-13-9-5-6-10-14(13)17(15(11)16(18)19)22(20,21)12-7-3-2-4-8-12/h2-10H,1H2,(H,18,19). The number of carboxylic acids is 1. The third-order valence-electron chi connectivity index (χ3n) is 3.42. The zero-order chi connectivity index (χ0) is 15.9. The van der Waals surface area contributed by atoms with Crippen LogP contribution in [0.15, 0.2) is 59.5 Å². The summed E-state index contributed by atoms with van der Waals surface area (Å²) in [4.78, 5) is 11.6. The monoisotopic (exact) mass is 314 g/mol. The van der Waals surface area contributed by atoms with E-state index >= 15 is 0 Å². The van der Waals surface area contributed by atoms with Crippen molar-refractivity contribution in [3.8, 4) is 0 Å². The first kappa shape index (κ1) is 14.3. The number of hydrogen-bond acceptors (Lipinski definition) is 3. The second-order valence-electron chi connectivity index (χ2n) is 4.73. The van der Waals surface area contributed by atoms with Crippen molar-refractivity contribution in [3.05, 3.63) is 72.8 Å². The summed E-state index contributed by atoms with van der Waals surface area (Å²) in [6.45, 7) is 3.73. The molecule has 1 aromatic heterocycles. The van der Waals surface area contributed by atoms with Crippen molar-refractivity contribution in [2.24, 2.45) is 0 Å². The fourth-order valence-corrected chi connectivity index (χ4v) is 4.00. The van der Waals surface area contributed by atoms with Crippen LogP contribution < -0.4 is 0 Å². The molecule has 3 aromatic rings. The third-order valence-corrected chi connectivity index (χ3v) is 5.15. The molecule has 1 N–H and O–H groups in total. The molecule has 3 rings (SSSR count). The minimum Gasteiger partial charge on any atom is -0.477 e. The van der Waals surface area contributed by atoms with Gasteiger partial charge in [0, 0.05) is 5.39 Å². The second-order valence-corrected chi connectivity index (χ2v) is 6.52.